The summed E-state index contributed by atoms with van der Waals surface area (Å²) in [6.45, 7) is 2.99. The second-order valence-corrected chi connectivity index (χ2v) is 7.51. The van der Waals surface area contributed by atoms with E-state index in [0.29, 0.717) is 23.9 Å². The number of nitrogens with zero attached hydrogens (tertiary/aromatic N) is 1. The molecule has 2 aliphatic rings. The highest BCUT2D eigenvalue weighted by Gasteiger charge is 2.29. The summed E-state index contributed by atoms with van der Waals surface area (Å²) >= 11 is 0. The molecule has 4 heteroatoms. The van der Waals surface area contributed by atoms with Crippen LogP contribution in [0.4, 0.5) is 0 Å². The summed E-state index contributed by atoms with van der Waals surface area (Å²) in [6, 6.07) is 9.95. The van der Waals surface area contributed by atoms with Crippen molar-refractivity contribution in [1.29, 1.82) is 0 Å². The van der Waals surface area contributed by atoms with E-state index in [1.165, 1.54) is 0 Å². The van der Waals surface area contributed by atoms with Gasteiger partial charge in [0.05, 0.1) is 4.91 Å². The van der Waals surface area contributed by atoms with Crippen LogP contribution in [-0.2, 0) is 10.0 Å². The monoisotopic (exact) mass is 301 g/mol. The highest BCUT2D eigenvalue weighted by atomic mass is 32.2. The molecule has 0 N–H and O–H groups in total. The molecule has 110 valence electrons. The Bertz CT molecular complexity index is 714. The first-order valence-corrected chi connectivity index (χ1v) is 8.64. The van der Waals surface area contributed by atoms with Crippen molar-refractivity contribution in [2.45, 2.75) is 13.3 Å². The summed E-state index contributed by atoms with van der Waals surface area (Å²) in [6.07, 6.45) is 8.33. The van der Waals surface area contributed by atoms with E-state index in [4.69, 9.17) is 0 Å². The van der Waals surface area contributed by atoms with Crippen molar-refractivity contribution in [3.8, 4) is 0 Å². The molecule has 3 nitrogen and oxygen atoms in total. The van der Waals surface area contributed by atoms with Gasteiger partial charge in [-0.25, -0.2) is 8.42 Å². The Morgan fingerprint density at radius 1 is 1.14 bits per heavy atom. The second-order valence-electron chi connectivity index (χ2n) is 5.57. The van der Waals surface area contributed by atoms with Gasteiger partial charge in [-0.3, -0.25) is 0 Å². The zero-order valence-corrected chi connectivity index (χ0v) is 12.9. The van der Waals surface area contributed by atoms with Crippen LogP contribution in [0.1, 0.15) is 18.9 Å². The predicted molar refractivity (Wildman–Crippen MR) is 85.9 cm³/mol. The number of rotatable bonds is 3. The lowest BCUT2D eigenvalue weighted by Crippen LogP contribution is -2.30. The van der Waals surface area contributed by atoms with E-state index in [1.54, 1.807) is 10.4 Å². The third kappa shape index (κ3) is 2.87. The second kappa shape index (κ2) is 5.62. The number of sulfonamides is 1. The molecule has 0 bridgehead atoms. The number of benzene rings is 1. The van der Waals surface area contributed by atoms with E-state index in [9.17, 15) is 8.42 Å². The third-order valence-corrected chi connectivity index (χ3v) is 5.81. The maximum absolute atomic E-state index is 12.6. The molecular formula is C17H19NO2S. The first kappa shape index (κ1) is 14.3. The standard InChI is InChI=1S/C17H19NO2S/c1-14-7-9-17(10-8-14)21(19,20)18-12-11-16(13-18)15-5-3-2-4-6-15/h2-7,9-11,14H,8,12-13H2,1H3. The van der Waals surface area contributed by atoms with Gasteiger partial charge in [-0.1, -0.05) is 55.5 Å². The molecular weight excluding hydrogens is 282 g/mol. The van der Waals surface area contributed by atoms with Crippen molar-refractivity contribution in [1.82, 2.24) is 4.31 Å². The fourth-order valence-electron chi connectivity index (χ4n) is 2.62. The van der Waals surface area contributed by atoms with Crippen molar-refractivity contribution >= 4 is 15.6 Å². The van der Waals surface area contributed by atoms with Gasteiger partial charge in [-0.05, 0) is 29.6 Å². The van der Waals surface area contributed by atoms with E-state index in [0.717, 1.165) is 17.6 Å². The minimum absolute atomic E-state index is 0.417. The highest BCUT2D eigenvalue weighted by Crippen LogP contribution is 2.28. The van der Waals surface area contributed by atoms with Crippen LogP contribution >= 0.6 is 0 Å². The van der Waals surface area contributed by atoms with Crippen LogP contribution in [0.3, 0.4) is 0 Å². The van der Waals surface area contributed by atoms with E-state index >= 15 is 0 Å². The van der Waals surface area contributed by atoms with Crippen molar-refractivity contribution in [3.05, 3.63) is 65.1 Å². The number of allylic oxidation sites excluding steroid dienone is 3. The third-order valence-electron chi connectivity index (χ3n) is 3.95. The topological polar surface area (TPSA) is 37.4 Å². The van der Waals surface area contributed by atoms with Crippen molar-refractivity contribution in [2.24, 2.45) is 5.92 Å². The quantitative estimate of drug-likeness (QED) is 0.860. The fraction of sp³-hybridized carbons (Fsp3) is 0.294. The molecule has 0 aromatic heterocycles. The summed E-state index contributed by atoms with van der Waals surface area (Å²) in [5, 5.41) is 0. The lowest BCUT2D eigenvalue weighted by atomic mass is 10.0. The summed E-state index contributed by atoms with van der Waals surface area (Å²) < 4.78 is 26.8. The average molecular weight is 301 g/mol. The molecule has 1 aromatic rings. The van der Waals surface area contributed by atoms with Gasteiger partial charge in [0.2, 0.25) is 10.0 Å². The Kier molecular flexibility index (Phi) is 3.83. The molecule has 1 aromatic carbocycles. The minimum Gasteiger partial charge on any atom is -0.207 e. The Balaban J connectivity index is 1.77. The van der Waals surface area contributed by atoms with Crippen LogP contribution in [0.5, 0.6) is 0 Å². The zero-order chi connectivity index (χ0) is 14.9. The Labute approximate surface area is 126 Å². The largest absolute Gasteiger partial charge is 0.243 e. The minimum atomic E-state index is -3.37. The summed E-state index contributed by atoms with van der Waals surface area (Å²) in [5.41, 5.74) is 2.17. The lowest BCUT2D eigenvalue weighted by molar-refractivity contribution is 0.497. The van der Waals surface area contributed by atoms with Gasteiger partial charge in [0.15, 0.2) is 0 Å². The molecule has 0 saturated carbocycles. The van der Waals surface area contributed by atoms with Crippen molar-refractivity contribution < 1.29 is 8.42 Å². The molecule has 0 radical (unpaired) electrons. The maximum atomic E-state index is 12.6. The van der Waals surface area contributed by atoms with Gasteiger partial charge < -0.3 is 0 Å². The lowest BCUT2D eigenvalue weighted by Gasteiger charge is -2.19. The predicted octanol–water partition coefficient (Wildman–Crippen LogP) is 3.20. The molecule has 1 atom stereocenters. The van der Waals surface area contributed by atoms with Gasteiger partial charge in [-0.2, -0.15) is 4.31 Å². The fourth-order valence-corrected chi connectivity index (χ4v) is 4.06. The summed E-state index contributed by atoms with van der Waals surface area (Å²) in [7, 11) is -3.37. The van der Waals surface area contributed by atoms with Crippen LogP contribution in [0.25, 0.3) is 5.57 Å². The van der Waals surface area contributed by atoms with Crippen LogP contribution in [-0.4, -0.2) is 25.8 Å². The molecule has 0 amide bonds. The van der Waals surface area contributed by atoms with E-state index < -0.39 is 10.0 Å². The number of hydrogen-bond acceptors (Lipinski definition) is 2. The molecule has 1 aliphatic carbocycles. The smallest absolute Gasteiger partial charge is 0.207 e. The molecule has 1 heterocycles. The molecule has 21 heavy (non-hydrogen) atoms. The van der Waals surface area contributed by atoms with Crippen molar-refractivity contribution in [3.63, 3.8) is 0 Å². The van der Waals surface area contributed by atoms with E-state index in [2.05, 4.69) is 6.92 Å². The Morgan fingerprint density at radius 3 is 2.57 bits per heavy atom. The van der Waals surface area contributed by atoms with Crippen LogP contribution < -0.4 is 0 Å². The van der Waals surface area contributed by atoms with Gasteiger partial charge in [0, 0.05) is 13.1 Å². The first-order valence-electron chi connectivity index (χ1n) is 7.20. The van der Waals surface area contributed by atoms with Gasteiger partial charge >= 0.3 is 0 Å². The van der Waals surface area contributed by atoms with Crippen LogP contribution in [0, 0.1) is 5.92 Å². The molecule has 0 spiro atoms. The zero-order valence-electron chi connectivity index (χ0n) is 12.1. The molecule has 1 unspecified atom stereocenters. The SMILES string of the molecule is CC1C=CC(S(=O)(=O)N2CC=C(c3ccccc3)C2)=CC1. The summed E-state index contributed by atoms with van der Waals surface area (Å²) in [5.74, 6) is 0.417. The molecule has 1 aliphatic heterocycles. The van der Waals surface area contributed by atoms with Crippen molar-refractivity contribution in [2.75, 3.05) is 13.1 Å². The number of hydrogen-bond donors (Lipinski definition) is 0. The van der Waals surface area contributed by atoms with Gasteiger partial charge in [-0.15, -0.1) is 0 Å². The normalized spacial score (nSPS) is 23.0. The van der Waals surface area contributed by atoms with Gasteiger partial charge in [0.25, 0.3) is 0 Å². The Morgan fingerprint density at radius 2 is 1.90 bits per heavy atom. The average Bonchev–Trinajstić information content (AvgIpc) is 2.99. The Hall–Kier alpha value is -1.65. The van der Waals surface area contributed by atoms with E-state index in [-0.39, 0.29) is 0 Å². The molecule has 3 rings (SSSR count). The highest BCUT2D eigenvalue weighted by molar-refractivity contribution is 7.93. The molecule has 0 fully saturated rings. The maximum Gasteiger partial charge on any atom is 0.243 e. The molecule has 0 saturated heterocycles. The first-order chi connectivity index (χ1) is 10.1. The van der Waals surface area contributed by atoms with Crippen LogP contribution in [0.15, 0.2) is 59.5 Å². The summed E-state index contributed by atoms with van der Waals surface area (Å²) in [4.78, 5) is 0.434. The van der Waals surface area contributed by atoms with E-state index in [1.807, 2.05) is 48.6 Å². The van der Waals surface area contributed by atoms with Gasteiger partial charge in [0.1, 0.15) is 0 Å². The van der Waals surface area contributed by atoms with Crippen LogP contribution in [0.2, 0.25) is 0 Å².